The molecule has 0 saturated carbocycles. The summed E-state index contributed by atoms with van der Waals surface area (Å²) in [4.78, 5) is 29.9. The number of nitrogens with zero attached hydrogens (tertiary/aromatic N) is 1. The molecule has 2 amide bonds. The molecule has 1 heterocycles. The summed E-state index contributed by atoms with van der Waals surface area (Å²) in [6, 6.07) is 17.4. The Morgan fingerprint density at radius 1 is 0.789 bits per heavy atom. The summed E-state index contributed by atoms with van der Waals surface area (Å²) in [7, 11) is 0. The van der Waals surface area contributed by atoms with Gasteiger partial charge in [-0.15, -0.1) is 4.84 Å². The lowest BCUT2D eigenvalue weighted by Crippen LogP contribution is -2.39. The second kappa shape index (κ2) is 4.42. The Labute approximate surface area is 110 Å². The van der Waals surface area contributed by atoms with Crippen LogP contribution in [0.3, 0.4) is 0 Å². The Morgan fingerprint density at radius 2 is 1.16 bits per heavy atom. The molecule has 0 bridgehead atoms. The minimum atomic E-state index is -0.575. The molecule has 0 radical (unpaired) electrons. The summed E-state index contributed by atoms with van der Waals surface area (Å²) in [6.07, 6.45) is 0. The van der Waals surface area contributed by atoms with Gasteiger partial charge in [0.2, 0.25) is 0 Å². The SMILES string of the molecule is O=C(c1ccccc1)[N+]1(C(=O)c2ccccc2)CO1. The van der Waals surface area contributed by atoms with E-state index in [1.807, 2.05) is 12.1 Å². The first-order chi connectivity index (χ1) is 9.24. The zero-order valence-electron chi connectivity index (χ0n) is 10.2. The Balaban J connectivity index is 1.92. The van der Waals surface area contributed by atoms with Crippen molar-refractivity contribution in [3.8, 4) is 0 Å². The minimum absolute atomic E-state index is 0.0987. The maximum absolute atomic E-state index is 12.4. The second-order valence-corrected chi connectivity index (χ2v) is 4.34. The maximum Gasteiger partial charge on any atom is 0.388 e. The van der Waals surface area contributed by atoms with E-state index in [2.05, 4.69) is 0 Å². The maximum atomic E-state index is 12.4. The number of carbonyl (C=O) groups excluding carboxylic acids is 2. The molecule has 4 nitrogen and oxygen atoms in total. The predicted octanol–water partition coefficient (Wildman–Crippen LogP) is 2.39. The highest BCUT2D eigenvalue weighted by Gasteiger charge is 2.62. The molecule has 1 aliphatic rings. The van der Waals surface area contributed by atoms with Crippen LogP contribution in [0.25, 0.3) is 0 Å². The van der Waals surface area contributed by atoms with Crippen LogP contribution in [0.1, 0.15) is 20.7 Å². The average Bonchev–Trinajstić information content (AvgIpc) is 3.29. The van der Waals surface area contributed by atoms with E-state index in [9.17, 15) is 9.59 Å². The van der Waals surface area contributed by atoms with Crippen LogP contribution in [0.2, 0.25) is 0 Å². The molecular weight excluding hydrogens is 242 g/mol. The molecule has 0 N–H and O–H groups in total. The third kappa shape index (κ3) is 1.97. The molecule has 0 aliphatic carbocycles. The molecule has 19 heavy (non-hydrogen) atoms. The summed E-state index contributed by atoms with van der Waals surface area (Å²) in [5, 5.41) is 0. The van der Waals surface area contributed by atoms with Crippen LogP contribution in [0.15, 0.2) is 60.7 Å². The molecule has 0 atom stereocenters. The summed E-state index contributed by atoms with van der Waals surface area (Å²) in [5.41, 5.74) is 0.952. The summed E-state index contributed by atoms with van der Waals surface area (Å²) in [6.45, 7) is 0.0987. The van der Waals surface area contributed by atoms with E-state index in [-0.39, 0.29) is 18.5 Å². The number of imide groups is 1. The smallest absolute Gasteiger partial charge is 0.221 e. The molecule has 1 fully saturated rings. The zero-order chi connectivity index (χ0) is 13.3. The second-order valence-electron chi connectivity index (χ2n) is 4.34. The van der Waals surface area contributed by atoms with E-state index in [4.69, 9.17) is 4.84 Å². The number of rotatable bonds is 2. The lowest BCUT2D eigenvalue weighted by Gasteiger charge is -2.07. The van der Waals surface area contributed by atoms with Crippen molar-refractivity contribution in [2.24, 2.45) is 0 Å². The van der Waals surface area contributed by atoms with Crippen molar-refractivity contribution in [3.05, 3.63) is 71.8 Å². The van der Waals surface area contributed by atoms with E-state index in [0.29, 0.717) is 11.1 Å². The highest BCUT2D eigenvalue weighted by Crippen LogP contribution is 2.30. The number of hydrogen-bond donors (Lipinski definition) is 0. The lowest BCUT2D eigenvalue weighted by molar-refractivity contribution is -0.754. The summed E-state index contributed by atoms with van der Waals surface area (Å²) < 4.78 is -0.575. The Kier molecular flexibility index (Phi) is 2.74. The van der Waals surface area contributed by atoms with Crippen molar-refractivity contribution in [3.63, 3.8) is 0 Å². The fourth-order valence-corrected chi connectivity index (χ4v) is 1.96. The van der Waals surface area contributed by atoms with Gasteiger partial charge in [0.05, 0.1) is 11.1 Å². The van der Waals surface area contributed by atoms with Crippen molar-refractivity contribution in [2.45, 2.75) is 0 Å². The number of amides is 2. The van der Waals surface area contributed by atoms with Crippen LogP contribution in [0, 0.1) is 0 Å². The van der Waals surface area contributed by atoms with Crippen LogP contribution in [-0.4, -0.2) is 23.2 Å². The van der Waals surface area contributed by atoms with Gasteiger partial charge in [0.25, 0.3) is 6.73 Å². The average molecular weight is 254 g/mol. The van der Waals surface area contributed by atoms with Crippen molar-refractivity contribution in [1.82, 2.24) is 0 Å². The van der Waals surface area contributed by atoms with Crippen molar-refractivity contribution in [2.75, 3.05) is 6.73 Å². The van der Waals surface area contributed by atoms with Gasteiger partial charge in [-0.05, 0) is 28.9 Å². The van der Waals surface area contributed by atoms with Crippen molar-refractivity contribution in [1.29, 1.82) is 0 Å². The molecular formula is C15H12NO3+. The highest BCUT2D eigenvalue weighted by atomic mass is 16.9. The fourth-order valence-electron chi connectivity index (χ4n) is 1.96. The van der Waals surface area contributed by atoms with Crippen molar-refractivity contribution >= 4 is 11.8 Å². The normalized spacial score (nSPS) is 15.8. The van der Waals surface area contributed by atoms with Gasteiger partial charge in [-0.1, -0.05) is 36.4 Å². The van der Waals surface area contributed by atoms with E-state index >= 15 is 0 Å². The molecule has 0 spiro atoms. The standard InChI is InChI=1S/C15H12NO3/c17-14(12-7-3-1-4-8-12)16(11-19-16)15(18)13-9-5-2-6-10-13/h1-10H,11H2/q+1. The third-order valence-corrected chi connectivity index (χ3v) is 3.08. The molecule has 0 unspecified atom stereocenters. The van der Waals surface area contributed by atoms with Gasteiger partial charge in [0, 0.05) is 0 Å². The van der Waals surface area contributed by atoms with Crippen LogP contribution in [-0.2, 0) is 4.84 Å². The number of quaternary nitrogens is 1. The highest BCUT2D eigenvalue weighted by molar-refractivity contribution is 6.01. The zero-order valence-corrected chi connectivity index (χ0v) is 10.2. The minimum Gasteiger partial charge on any atom is -0.221 e. The molecule has 4 heteroatoms. The van der Waals surface area contributed by atoms with Crippen molar-refractivity contribution < 1.29 is 19.1 Å². The molecule has 1 aliphatic heterocycles. The van der Waals surface area contributed by atoms with Gasteiger partial charge >= 0.3 is 11.8 Å². The number of carbonyl (C=O) groups is 2. The first-order valence-electron chi connectivity index (χ1n) is 5.96. The predicted molar refractivity (Wildman–Crippen MR) is 67.8 cm³/mol. The largest absolute Gasteiger partial charge is 0.388 e. The van der Waals surface area contributed by atoms with Crippen LogP contribution < -0.4 is 0 Å². The van der Waals surface area contributed by atoms with Crippen LogP contribution in [0.5, 0.6) is 0 Å². The summed E-state index contributed by atoms with van der Waals surface area (Å²) in [5.74, 6) is -0.649. The molecule has 1 saturated heterocycles. The van der Waals surface area contributed by atoms with Gasteiger partial charge < -0.3 is 0 Å². The topological polar surface area (TPSA) is 46.7 Å². The molecule has 2 aromatic rings. The molecule has 0 aromatic heterocycles. The Morgan fingerprint density at radius 3 is 1.47 bits per heavy atom. The first-order valence-corrected chi connectivity index (χ1v) is 5.96. The summed E-state index contributed by atoms with van der Waals surface area (Å²) >= 11 is 0. The number of hydroxylamine groups is 3. The number of hydrogen-bond acceptors (Lipinski definition) is 3. The van der Waals surface area contributed by atoms with Gasteiger partial charge in [-0.25, -0.2) is 9.59 Å². The Hall–Kier alpha value is -2.30. The van der Waals surface area contributed by atoms with Gasteiger partial charge in [-0.2, -0.15) is 0 Å². The van der Waals surface area contributed by atoms with Gasteiger partial charge in [-0.3, -0.25) is 0 Å². The van der Waals surface area contributed by atoms with Crippen LogP contribution in [0.4, 0.5) is 0 Å². The first kappa shape index (κ1) is 11.8. The third-order valence-electron chi connectivity index (χ3n) is 3.08. The van der Waals surface area contributed by atoms with Gasteiger partial charge in [0.1, 0.15) is 0 Å². The molecule has 94 valence electrons. The molecule has 3 rings (SSSR count). The monoisotopic (exact) mass is 254 g/mol. The van der Waals surface area contributed by atoms with E-state index < -0.39 is 4.65 Å². The van der Waals surface area contributed by atoms with E-state index in [0.717, 1.165) is 0 Å². The lowest BCUT2D eigenvalue weighted by atomic mass is 10.1. The quantitative estimate of drug-likeness (QED) is 0.469. The van der Waals surface area contributed by atoms with Gasteiger partial charge in [0.15, 0.2) is 0 Å². The molecule has 2 aromatic carbocycles. The fraction of sp³-hybridized carbons (Fsp3) is 0.0667. The van der Waals surface area contributed by atoms with Crippen LogP contribution >= 0.6 is 0 Å². The van der Waals surface area contributed by atoms with E-state index in [1.54, 1.807) is 48.5 Å². The number of benzene rings is 2. The van der Waals surface area contributed by atoms with E-state index in [1.165, 1.54) is 0 Å². The Bertz CT molecular complexity index is 565.